The average molecular weight is 523 g/mol. The van der Waals surface area contributed by atoms with Gasteiger partial charge in [0.05, 0.1) is 13.4 Å². The monoisotopic (exact) mass is 522 g/mol. The first kappa shape index (κ1) is 25.0. The number of benzene rings is 1. The molecule has 0 radical (unpaired) electrons. The van der Waals surface area contributed by atoms with Crippen LogP contribution in [0.25, 0.3) is 11.2 Å². The zero-order valence-electron chi connectivity index (χ0n) is 22.0. The van der Waals surface area contributed by atoms with Crippen molar-refractivity contribution in [1.29, 1.82) is 0 Å². The van der Waals surface area contributed by atoms with Gasteiger partial charge in [0.1, 0.15) is 0 Å². The number of hydrogen-bond acceptors (Lipinski definition) is 10. The van der Waals surface area contributed by atoms with Crippen LogP contribution in [0.3, 0.4) is 0 Å². The lowest BCUT2D eigenvalue weighted by Gasteiger charge is -2.27. The highest BCUT2D eigenvalue weighted by Crippen LogP contribution is 2.41. The first-order valence-electron chi connectivity index (χ1n) is 13.9. The van der Waals surface area contributed by atoms with Crippen LogP contribution < -0.4 is 35.9 Å². The maximum atomic E-state index is 6.11. The van der Waals surface area contributed by atoms with Crippen molar-refractivity contribution in [1.82, 2.24) is 24.8 Å². The van der Waals surface area contributed by atoms with E-state index in [1.165, 1.54) is 25.7 Å². The second kappa shape index (κ2) is 11.2. The topological polar surface area (TPSA) is 133 Å². The van der Waals surface area contributed by atoms with Crippen LogP contribution in [0.5, 0.6) is 17.2 Å². The number of ether oxygens (including phenoxy) is 3. The third-order valence-corrected chi connectivity index (χ3v) is 7.89. The zero-order valence-corrected chi connectivity index (χ0v) is 22.0. The van der Waals surface area contributed by atoms with Crippen LogP contribution in [0.2, 0.25) is 0 Å². The quantitative estimate of drug-likeness (QED) is 0.293. The Bertz CT molecular complexity index is 1250. The molecule has 204 valence electrons. The third kappa shape index (κ3) is 5.30. The summed E-state index contributed by atoms with van der Waals surface area (Å²) in [4.78, 5) is 14.5. The number of aromatic nitrogens is 4. The summed E-state index contributed by atoms with van der Waals surface area (Å²) >= 11 is 0. The molecule has 5 N–H and O–H groups in total. The molecule has 2 saturated carbocycles. The smallest absolute Gasteiger partial charge is 0.231 e. The van der Waals surface area contributed by atoms with Gasteiger partial charge < -0.3 is 40.5 Å². The molecular formula is C27H38N8O3. The number of fused-ring (bicyclic) bond motifs is 2. The van der Waals surface area contributed by atoms with Crippen molar-refractivity contribution in [2.45, 2.75) is 76.0 Å². The first-order chi connectivity index (χ1) is 18.7. The zero-order chi connectivity index (χ0) is 25.9. The van der Waals surface area contributed by atoms with Crippen LogP contribution in [0.1, 0.15) is 63.0 Å². The lowest BCUT2D eigenvalue weighted by molar-refractivity contribution is 0.171. The van der Waals surface area contributed by atoms with Crippen molar-refractivity contribution >= 4 is 22.9 Å². The van der Waals surface area contributed by atoms with E-state index in [-0.39, 0.29) is 6.79 Å². The fourth-order valence-corrected chi connectivity index (χ4v) is 5.79. The lowest BCUT2D eigenvalue weighted by Crippen LogP contribution is -2.33. The van der Waals surface area contributed by atoms with Gasteiger partial charge in [-0.3, -0.25) is 0 Å². The van der Waals surface area contributed by atoms with E-state index < -0.39 is 0 Å². The number of imidazole rings is 1. The SMILES string of the molecule is COc1cc(CNCCNc2nc(NC3CCC(N)CC3)nc3c2ncn3C2CCCC2)cc2c1OCO2. The standard InChI is InChI=1S/C27H38N8O3/c1-36-21-12-17(13-22-24(21)38-16-37-22)14-29-10-11-30-25-23-26(35(15-31-23)20-4-2-3-5-20)34-27(33-25)32-19-8-6-18(28)7-9-19/h12-13,15,18-20,29H,2-11,14,16,28H2,1H3,(H2,30,32,33,34). The summed E-state index contributed by atoms with van der Waals surface area (Å²) in [6.07, 6.45) is 11.0. The molecule has 6 rings (SSSR count). The predicted molar refractivity (Wildman–Crippen MR) is 146 cm³/mol. The minimum absolute atomic E-state index is 0.224. The average Bonchev–Trinajstić information content (AvgIpc) is 3.70. The molecule has 2 fully saturated rings. The summed E-state index contributed by atoms with van der Waals surface area (Å²) < 4.78 is 18.7. The summed E-state index contributed by atoms with van der Waals surface area (Å²) in [5.41, 5.74) is 8.92. The minimum Gasteiger partial charge on any atom is -0.493 e. The Morgan fingerprint density at radius 1 is 1.05 bits per heavy atom. The summed E-state index contributed by atoms with van der Waals surface area (Å²) in [5, 5.41) is 10.6. The summed E-state index contributed by atoms with van der Waals surface area (Å²) in [5.74, 6) is 3.52. The largest absolute Gasteiger partial charge is 0.493 e. The number of nitrogens with zero attached hydrogens (tertiary/aromatic N) is 4. The van der Waals surface area contributed by atoms with Crippen LogP contribution in [0.15, 0.2) is 18.5 Å². The van der Waals surface area contributed by atoms with Crippen LogP contribution in [-0.4, -0.2) is 58.6 Å². The van der Waals surface area contributed by atoms with E-state index in [0.717, 1.165) is 60.5 Å². The molecule has 1 aromatic carbocycles. The molecule has 0 atom stereocenters. The van der Waals surface area contributed by atoms with E-state index in [1.807, 2.05) is 18.5 Å². The lowest BCUT2D eigenvalue weighted by atomic mass is 9.92. The van der Waals surface area contributed by atoms with Crippen molar-refractivity contribution in [2.24, 2.45) is 5.73 Å². The Labute approximate surface area is 222 Å². The highest BCUT2D eigenvalue weighted by atomic mass is 16.7. The van der Waals surface area contributed by atoms with Gasteiger partial charge in [-0.15, -0.1) is 0 Å². The van der Waals surface area contributed by atoms with Gasteiger partial charge in [0.15, 0.2) is 28.5 Å². The predicted octanol–water partition coefficient (Wildman–Crippen LogP) is 3.56. The Balaban J connectivity index is 1.13. The second-order valence-corrected chi connectivity index (χ2v) is 10.5. The highest BCUT2D eigenvalue weighted by molar-refractivity contribution is 5.84. The molecule has 0 amide bonds. The van der Waals surface area contributed by atoms with Gasteiger partial charge in [-0.25, -0.2) is 4.98 Å². The molecule has 0 saturated heterocycles. The van der Waals surface area contributed by atoms with Crippen molar-refractivity contribution in [3.63, 3.8) is 0 Å². The Hall–Kier alpha value is -3.31. The third-order valence-electron chi connectivity index (χ3n) is 7.89. The molecule has 11 heteroatoms. The van der Waals surface area contributed by atoms with Crippen LogP contribution in [-0.2, 0) is 6.54 Å². The van der Waals surface area contributed by atoms with Crippen molar-refractivity contribution in [2.75, 3.05) is 37.6 Å². The molecule has 3 aromatic rings. The molecule has 11 nitrogen and oxygen atoms in total. The molecule has 38 heavy (non-hydrogen) atoms. The van der Waals surface area contributed by atoms with Gasteiger partial charge in [-0.1, -0.05) is 12.8 Å². The van der Waals surface area contributed by atoms with Gasteiger partial charge in [0.2, 0.25) is 18.5 Å². The van der Waals surface area contributed by atoms with E-state index in [4.69, 9.17) is 34.9 Å². The number of nitrogens with one attached hydrogen (secondary N) is 3. The Morgan fingerprint density at radius 3 is 2.71 bits per heavy atom. The molecular weight excluding hydrogens is 484 g/mol. The van der Waals surface area contributed by atoms with Gasteiger partial charge in [-0.2, -0.15) is 9.97 Å². The molecule has 1 aliphatic heterocycles. The van der Waals surface area contributed by atoms with Crippen molar-refractivity contribution in [3.8, 4) is 17.2 Å². The minimum atomic E-state index is 0.224. The van der Waals surface area contributed by atoms with Gasteiger partial charge in [0, 0.05) is 37.8 Å². The number of anilines is 2. The number of rotatable bonds is 10. The Kier molecular flexibility index (Phi) is 7.37. The summed E-state index contributed by atoms with van der Waals surface area (Å²) in [6, 6.07) is 5.09. The van der Waals surface area contributed by atoms with Crippen LogP contribution in [0.4, 0.5) is 11.8 Å². The molecule has 0 unspecified atom stereocenters. The van der Waals surface area contributed by atoms with E-state index in [2.05, 4.69) is 20.5 Å². The number of methoxy groups -OCH3 is 1. The molecule has 0 spiro atoms. The van der Waals surface area contributed by atoms with Crippen molar-refractivity contribution in [3.05, 3.63) is 24.0 Å². The van der Waals surface area contributed by atoms with Crippen LogP contribution in [0, 0.1) is 0 Å². The molecule has 3 aliphatic rings. The summed E-state index contributed by atoms with van der Waals surface area (Å²) in [6.45, 7) is 2.35. The van der Waals surface area contributed by atoms with E-state index in [9.17, 15) is 0 Å². The fraction of sp³-hybridized carbons (Fsp3) is 0.593. The maximum absolute atomic E-state index is 6.11. The second-order valence-electron chi connectivity index (χ2n) is 10.5. The molecule has 0 bridgehead atoms. The molecule has 2 aromatic heterocycles. The van der Waals surface area contributed by atoms with Gasteiger partial charge in [-0.05, 0) is 56.2 Å². The number of hydrogen-bond donors (Lipinski definition) is 4. The normalized spacial score (nSPS) is 21.2. The fourth-order valence-electron chi connectivity index (χ4n) is 5.79. The Morgan fingerprint density at radius 2 is 1.89 bits per heavy atom. The maximum Gasteiger partial charge on any atom is 0.231 e. The molecule has 3 heterocycles. The number of nitrogens with two attached hydrogens (primary N) is 1. The van der Waals surface area contributed by atoms with Gasteiger partial charge in [0.25, 0.3) is 0 Å². The molecule has 2 aliphatic carbocycles. The first-order valence-corrected chi connectivity index (χ1v) is 13.9. The van der Waals surface area contributed by atoms with Crippen molar-refractivity contribution < 1.29 is 14.2 Å². The summed E-state index contributed by atoms with van der Waals surface area (Å²) in [7, 11) is 1.64. The van der Waals surface area contributed by atoms with Gasteiger partial charge >= 0.3 is 0 Å². The van der Waals surface area contributed by atoms with E-state index >= 15 is 0 Å². The highest BCUT2D eigenvalue weighted by Gasteiger charge is 2.24. The van der Waals surface area contributed by atoms with Crippen LogP contribution >= 0.6 is 0 Å². The van der Waals surface area contributed by atoms with E-state index in [0.29, 0.717) is 48.7 Å². The van der Waals surface area contributed by atoms with E-state index in [1.54, 1.807) is 7.11 Å².